The summed E-state index contributed by atoms with van der Waals surface area (Å²) in [5, 5.41) is 3.51. The number of halogens is 1. The van der Waals surface area contributed by atoms with Gasteiger partial charge in [-0.15, -0.1) is 11.8 Å². The first-order valence-electron chi connectivity index (χ1n) is 8.24. The molecular weight excluding hydrogens is 338 g/mol. The molecule has 0 N–H and O–H groups in total. The summed E-state index contributed by atoms with van der Waals surface area (Å²) >= 11 is 8.00. The highest BCUT2D eigenvalue weighted by atomic mass is 35.5. The lowest BCUT2D eigenvalue weighted by Crippen LogP contribution is -2.16. The van der Waals surface area contributed by atoms with Gasteiger partial charge in [0, 0.05) is 34.6 Å². The Labute approximate surface area is 151 Å². The number of benzene rings is 2. The first kappa shape index (κ1) is 15.9. The van der Waals surface area contributed by atoms with Crippen LogP contribution in [0.15, 0.2) is 47.5 Å². The molecule has 2 nitrogen and oxygen atoms in total. The molecule has 3 aromatic rings. The van der Waals surface area contributed by atoms with E-state index in [9.17, 15) is 0 Å². The molecule has 0 bridgehead atoms. The minimum atomic E-state index is 0.433. The van der Waals surface area contributed by atoms with E-state index in [0.29, 0.717) is 12.5 Å². The molecule has 2 heterocycles. The minimum Gasteiger partial charge on any atom is -0.493 e. The summed E-state index contributed by atoms with van der Waals surface area (Å²) in [6.07, 6.45) is 1.15. The van der Waals surface area contributed by atoms with Crippen LogP contribution in [0.3, 0.4) is 0 Å². The third-order valence-electron chi connectivity index (χ3n) is 4.78. The summed E-state index contributed by atoms with van der Waals surface area (Å²) in [6.45, 7) is 2.76. The third kappa shape index (κ3) is 2.70. The molecule has 0 fully saturated rings. The Morgan fingerprint density at radius 3 is 2.92 bits per heavy atom. The second-order valence-electron chi connectivity index (χ2n) is 6.35. The molecular formula is C20H20ClNOS. The lowest BCUT2D eigenvalue weighted by Gasteiger charge is -2.24. The van der Waals surface area contributed by atoms with E-state index >= 15 is 0 Å². The number of fused-ring (bicyclic) bond motifs is 3. The predicted molar refractivity (Wildman–Crippen MR) is 103 cm³/mol. The maximum Gasteiger partial charge on any atom is 0.122 e. The molecule has 0 spiro atoms. The first-order valence-corrected chi connectivity index (χ1v) is 9.60. The van der Waals surface area contributed by atoms with Crippen molar-refractivity contribution in [3.63, 3.8) is 0 Å². The number of ether oxygens (including phenoxy) is 1. The van der Waals surface area contributed by atoms with Crippen molar-refractivity contribution in [2.45, 2.75) is 24.3 Å². The largest absolute Gasteiger partial charge is 0.493 e. The molecule has 1 unspecified atom stereocenters. The Morgan fingerprint density at radius 2 is 2.08 bits per heavy atom. The van der Waals surface area contributed by atoms with Gasteiger partial charge in [-0.2, -0.15) is 0 Å². The lowest BCUT2D eigenvalue weighted by atomic mass is 9.96. The van der Waals surface area contributed by atoms with Crippen LogP contribution in [0.25, 0.3) is 10.9 Å². The van der Waals surface area contributed by atoms with Gasteiger partial charge < -0.3 is 9.30 Å². The van der Waals surface area contributed by atoms with Crippen molar-refractivity contribution in [3.05, 3.63) is 58.6 Å². The van der Waals surface area contributed by atoms with Gasteiger partial charge in [-0.3, -0.25) is 0 Å². The van der Waals surface area contributed by atoms with Crippen molar-refractivity contribution >= 4 is 34.3 Å². The van der Waals surface area contributed by atoms with Gasteiger partial charge in [-0.05, 0) is 48.7 Å². The summed E-state index contributed by atoms with van der Waals surface area (Å²) in [5.41, 5.74) is 3.85. The van der Waals surface area contributed by atoms with Crippen LogP contribution < -0.4 is 4.74 Å². The predicted octanol–water partition coefficient (Wildman–Crippen LogP) is 5.80. The molecule has 1 aliphatic heterocycles. The van der Waals surface area contributed by atoms with Crippen LogP contribution in [-0.4, -0.2) is 16.9 Å². The van der Waals surface area contributed by atoms with Crippen molar-refractivity contribution in [1.82, 2.24) is 4.57 Å². The van der Waals surface area contributed by atoms with Gasteiger partial charge in [-0.1, -0.05) is 29.8 Å². The van der Waals surface area contributed by atoms with E-state index in [-0.39, 0.29) is 0 Å². The Kier molecular flexibility index (Phi) is 4.23. The van der Waals surface area contributed by atoms with E-state index in [1.54, 1.807) is 0 Å². The topological polar surface area (TPSA) is 14.2 Å². The fourth-order valence-electron chi connectivity index (χ4n) is 3.54. The quantitative estimate of drug-likeness (QED) is 0.588. The number of rotatable bonds is 3. The maximum atomic E-state index is 6.17. The number of thioether (sulfide) groups is 1. The standard InChI is InChI=1S/C20H20ClNOS/c1-13-11-15(21)7-8-18(13)23-12-14-9-10-24-20-19(14)16-5-3-4-6-17(16)22(20)2/h3-8,11,14H,9-10,12H2,1-2H3. The van der Waals surface area contributed by atoms with Gasteiger partial charge in [0.25, 0.3) is 0 Å². The molecule has 24 heavy (non-hydrogen) atoms. The Hall–Kier alpha value is -1.58. The zero-order valence-electron chi connectivity index (χ0n) is 13.9. The van der Waals surface area contributed by atoms with Crippen molar-refractivity contribution < 1.29 is 4.74 Å². The summed E-state index contributed by atoms with van der Waals surface area (Å²) < 4.78 is 8.50. The van der Waals surface area contributed by atoms with E-state index < -0.39 is 0 Å². The fraction of sp³-hybridized carbons (Fsp3) is 0.300. The molecule has 0 aliphatic carbocycles. The molecule has 0 radical (unpaired) electrons. The van der Waals surface area contributed by atoms with Crippen LogP contribution in [-0.2, 0) is 7.05 Å². The van der Waals surface area contributed by atoms with Gasteiger partial charge in [0.15, 0.2) is 0 Å². The third-order valence-corrected chi connectivity index (χ3v) is 6.22. The van der Waals surface area contributed by atoms with Gasteiger partial charge in [-0.25, -0.2) is 0 Å². The van der Waals surface area contributed by atoms with Crippen LogP contribution in [0, 0.1) is 6.92 Å². The van der Waals surface area contributed by atoms with Gasteiger partial charge >= 0.3 is 0 Å². The van der Waals surface area contributed by atoms with Crippen LogP contribution in [0.4, 0.5) is 0 Å². The number of nitrogens with zero attached hydrogens (tertiary/aromatic N) is 1. The Balaban J connectivity index is 1.66. The monoisotopic (exact) mass is 357 g/mol. The van der Waals surface area contributed by atoms with E-state index in [1.807, 2.05) is 36.9 Å². The second-order valence-corrected chi connectivity index (χ2v) is 7.87. The zero-order chi connectivity index (χ0) is 16.7. The van der Waals surface area contributed by atoms with Crippen molar-refractivity contribution in [3.8, 4) is 5.75 Å². The maximum absolute atomic E-state index is 6.17. The van der Waals surface area contributed by atoms with Crippen molar-refractivity contribution in [1.29, 1.82) is 0 Å². The summed E-state index contributed by atoms with van der Waals surface area (Å²) in [4.78, 5) is 0. The second kappa shape index (κ2) is 6.38. The Bertz CT molecular complexity index is 902. The molecule has 1 aliphatic rings. The molecule has 0 saturated heterocycles. The van der Waals surface area contributed by atoms with Gasteiger partial charge in [0.2, 0.25) is 0 Å². The summed E-state index contributed by atoms with van der Waals surface area (Å²) in [5.74, 6) is 2.51. The number of para-hydroxylation sites is 1. The number of hydrogen-bond acceptors (Lipinski definition) is 2. The molecule has 0 saturated carbocycles. The zero-order valence-corrected chi connectivity index (χ0v) is 15.5. The number of aryl methyl sites for hydroxylation is 2. The van der Waals surface area contributed by atoms with Crippen LogP contribution in [0.1, 0.15) is 23.5 Å². The Morgan fingerprint density at radius 1 is 1.25 bits per heavy atom. The fourth-order valence-corrected chi connectivity index (χ4v) is 5.09. The lowest BCUT2D eigenvalue weighted by molar-refractivity contribution is 0.281. The van der Waals surface area contributed by atoms with Gasteiger partial charge in [0.1, 0.15) is 5.75 Å². The number of aromatic nitrogens is 1. The summed E-state index contributed by atoms with van der Waals surface area (Å²) in [7, 11) is 2.17. The van der Waals surface area contributed by atoms with E-state index in [0.717, 1.165) is 28.5 Å². The van der Waals surface area contributed by atoms with Crippen molar-refractivity contribution in [2.24, 2.45) is 7.05 Å². The molecule has 2 aromatic carbocycles. The summed E-state index contributed by atoms with van der Waals surface area (Å²) in [6, 6.07) is 14.5. The average Bonchev–Trinajstić information content (AvgIpc) is 2.88. The molecule has 0 amide bonds. The molecule has 4 rings (SSSR count). The molecule has 4 heteroatoms. The highest BCUT2D eigenvalue weighted by molar-refractivity contribution is 7.99. The average molecular weight is 358 g/mol. The SMILES string of the molecule is Cc1cc(Cl)ccc1OCC1CCSc2c1c1ccccc1n2C. The van der Waals surface area contributed by atoms with Crippen molar-refractivity contribution in [2.75, 3.05) is 12.4 Å². The first-order chi connectivity index (χ1) is 11.6. The molecule has 1 atom stereocenters. The molecule has 124 valence electrons. The number of hydrogen-bond donors (Lipinski definition) is 0. The minimum absolute atomic E-state index is 0.433. The van der Waals surface area contributed by atoms with E-state index in [1.165, 1.54) is 21.5 Å². The van der Waals surface area contributed by atoms with Crippen LogP contribution in [0.2, 0.25) is 5.02 Å². The van der Waals surface area contributed by atoms with E-state index in [2.05, 4.69) is 35.9 Å². The highest BCUT2D eigenvalue weighted by Crippen LogP contribution is 2.43. The highest BCUT2D eigenvalue weighted by Gasteiger charge is 2.27. The smallest absolute Gasteiger partial charge is 0.122 e. The van der Waals surface area contributed by atoms with E-state index in [4.69, 9.17) is 16.3 Å². The van der Waals surface area contributed by atoms with Gasteiger partial charge in [0.05, 0.1) is 11.6 Å². The van der Waals surface area contributed by atoms with Crippen LogP contribution >= 0.6 is 23.4 Å². The molecule has 1 aromatic heterocycles. The van der Waals surface area contributed by atoms with Crippen LogP contribution in [0.5, 0.6) is 5.75 Å². The normalized spacial score (nSPS) is 17.0.